The van der Waals surface area contributed by atoms with Crippen LogP contribution in [-0.4, -0.2) is 44.3 Å². The van der Waals surface area contributed by atoms with Crippen molar-refractivity contribution in [2.24, 2.45) is 5.92 Å². The number of methoxy groups -OCH3 is 1. The number of allylic oxidation sites excluding steroid dienone is 1. The van der Waals surface area contributed by atoms with Crippen molar-refractivity contribution in [1.29, 1.82) is 0 Å². The predicted octanol–water partition coefficient (Wildman–Crippen LogP) is 5.27. The first kappa shape index (κ1) is 21.2. The first-order valence-corrected chi connectivity index (χ1v) is 11.2. The van der Waals surface area contributed by atoms with Crippen molar-refractivity contribution in [2.75, 3.05) is 38.3 Å². The second kappa shape index (κ2) is 9.40. The lowest BCUT2D eigenvalue weighted by molar-refractivity contribution is -0.0382. The van der Waals surface area contributed by atoms with Gasteiger partial charge in [0.05, 0.1) is 20.3 Å². The van der Waals surface area contributed by atoms with Crippen LogP contribution >= 0.6 is 0 Å². The highest BCUT2D eigenvalue weighted by Gasteiger charge is 2.37. The van der Waals surface area contributed by atoms with E-state index in [2.05, 4.69) is 9.88 Å². The first-order valence-electron chi connectivity index (χ1n) is 11.2. The van der Waals surface area contributed by atoms with Crippen LogP contribution in [0.5, 0.6) is 5.88 Å². The van der Waals surface area contributed by atoms with Crippen molar-refractivity contribution in [1.82, 2.24) is 4.98 Å². The largest absolute Gasteiger partial charge is 0.481 e. The second-order valence-corrected chi connectivity index (χ2v) is 8.67. The number of hydrogen-bond donors (Lipinski definition) is 0. The first-order chi connectivity index (χ1) is 14.5. The zero-order valence-corrected chi connectivity index (χ0v) is 17.7. The van der Waals surface area contributed by atoms with E-state index in [-0.39, 0.29) is 18.8 Å². The van der Waals surface area contributed by atoms with Crippen LogP contribution in [0.2, 0.25) is 0 Å². The fraction of sp³-hybridized carbons (Fsp3) is 0.696. The van der Waals surface area contributed by atoms with E-state index in [4.69, 9.17) is 14.2 Å². The highest BCUT2D eigenvalue weighted by atomic mass is 19.3. The topological polar surface area (TPSA) is 43.8 Å². The molecule has 3 heterocycles. The normalized spacial score (nSPS) is 22.9. The molecule has 7 heteroatoms. The van der Waals surface area contributed by atoms with E-state index in [9.17, 15) is 8.78 Å². The number of halogens is 2. The Morgan fingerprint density at radius 1 is 1.20 bits per heavy atom. The van der Waals surface area contributed by atoms with Crippen molar-refractivity contribution >= 4 is 5.69 Å². The van der Waals surface area contributed by atoms with Gasteiger partial charge in [-0.2, -0.15) is 0 Å². The molecule has 3 aliphatic rings. The molecule has 0 N–H and O–H groups in total. The van der Waals surface area contributed by atoms with Crippen LogP contribution in [0, 0.1) is 5.92 Å². The van der Waals surface area contributed by atoms with E-state index < -0.39 is 5.92 Å². The number of nitrogens with zero attached hydrogens (tertiary/aromatic N) is 2. The minimum atomic E-state index is -2.52. The quantitative estimate of drug-likeness (QED) is 0.625. The number of hydrogen-bond acceptors (Lipinski definition) is 5. The molecule has 0 amide bonds. The molecule has 4 rings (SSSR count). The van der Waals surface area contributed by atoms with E-state index in [1.807, 2.05) is 18.3 Å². The van der Waals surface area contributed by atoms with E-state index in [0.717, 1.165) is 56.6 Å². The molecule has 166 valence electrons. The fourth-order valence-electron chi connectivity index (χ4n) is 4.66. The molecule has 30 heavy (non-hydrogen) atoms. The maximum absolute atomic E-state index is 13.6. The van der Waals surface area contributed by atoms with Crippen molar-refractivity contribution in [2.45, 2.75) is 63.2 Å². The molecule has 0 spiro atoms. The van der Waals surface area contributed by atoms with Gasteiger partial charge in [-0.3, -0.25) is 0 Å². The number of anilines is 1. The molecule has 1 saturated heterocycles. The molecule has 0 unspecified atom stereocenters. The van der Waals surface area contributed by atoms with Gasteiger partial charge in [-0.1, -0.05) is 0 Å². The number of ether oxygens (including phenoxy) is 3. The molecule has 1 saturated carbocycles. The van der Waals surface area contributed by atoms with E-state index in [1.165, 1.54) is 0 Å². The minimum Gasteiger partial charge on any atom is -0.481 e. The lowest BCUT2D eigenvalue weighted by atomic mass is 9.82. The summed E-state index contributed by atoms with van der Waals surface area (Å²) in [4.78, 5) is 6.74. The molecule has 0 atom stereocenters. The van der Waals surface area contributed by atoms with Crippen molar-refractivity contribution < 1.29 is 23.0 Å². The molecule has 2 fully saturated rings. The molecule has 2 aliphatic heterocycles. The van der Waals surface area contributed by atoms with Crippen LogP contribution in [0.4, 0.5) is 14.5 Å². The summed E-state index contributed by atoms with van der Waals surface area (Å²) in [5.74, 6) is -0.643. The zero-order valence-electron chi connectivity index (χ0n) is 17.7. The molecule has 1 aliphatic carbocycles. The molecular formula is C23H32F2N2O3. The number of rotatable bonds is 6. The van der Waals surface area contributed by atoms with Crippen LogP contribution in [0.3, 0.4) is 0 Å². The third kappa shape index (κ3) is 5.16. The van der Waals surface area contributed by atoms with Crippen molar-refractivity contribution in [3.05, 3.63) is 29.8 Å². The summed E-state index contributed by atoms with van der Waals surface area (Å²) < 4.78 is 44.0. The fourth-order valence-corrected chi connectivity index (χ4v) is 4.66. The molecular weight excluding hydrogens is 390 g/mol. The Morgan fingerprint density at radius 3 is 2.63 bits per heavy atom. The average molecular weight is 423 g/mol. The average Bonchev–Trinajstić information content (AvgIpc) is 2.78. The number of pyridine rings is 1. The monoisotopic (exact) mass is 422 g/mol. The zero-order chi connectivity index (χ0) is 21.0. The Balaban J connectivity index is 1.39. The smallest absolute Gasteiger partial charge is 0.274 e. The Morgan fingerprint density at radius 2 is 1.97 bits per heavy atom. The van der Waals surface area contributed by atoms with Gasteiger partial charge in [-0.25, -0.2) is 13.8 Å². The van der Waals surface area contributed by atoms with Gasteiger partial charge in [0.15, 0.2) is 0 Å². The van der Waals surface area contributed by atoms with Crippen LogP contribution in [0.25, 0.3) is 0 Å². The van der Waals surface area contributed by atoms with Crippen LogP contribution < -0.4 is 9.64 Å². The lowest BCUT2D eigenvalue weighted by Gasteiger charge is -2.37. The number of alkyl halides is 2. The number of aromatic nitrogens is 1. The summed E-state index contributed by atoms with van der Waals surface area (Å²) in [7, 11) is 1.61. The summed E-state index contributed by atoms with van der Waals surface area (Å²) in [5.41, 5.74) is 2.18. The summed E-state index contributed by atoms with van der Waals surface area (Å²) in [6, 6.07) is 1.97. The lowest BCUT2D eigenvalue weighted by Crippen LogP contribution is -2.36. The van der Waals surface area contributed by atoms with Gasteiger partial charge in [0, 0.05) is 43.9 Å². The van der Waals surface area contributed by atoms with Crippen molar-refractivity contribution in [3.63, 3.8) is 0 Å². The van der Waals surface area contributed by atoms with Gasteiger partial charge < -0.3 is 19.1 Å². The molecule has 0 radical (unpaired) electrons. The van der Waals surface area contributed by atoms with Crippen LogP contribution in [-0.2, 0) is 9.47 Å². The Bertz CT molecular complexity index is 738. The predicted molar refractivity (Wildman–Crippen MR) is 111 cm³/mol. The van der Waals surface area contributed by atoms with Gasteiger partial charge in [0.25, 0.3) is 5.95 Å². The Labute approximate surface area is 177 Å². The van der Waals surface area contributed by atoms with Gasteiger partial charge >= 0.3 is 0 Å². The Hall–Kier alpha value is -2.05. The van der Waals surface area contributed by atoms with Gasteiger partial charge in [-0.15, -0.1) is 0 Å². The summed E-state index contributed by atoms with van der Waals surface area (Å²) in [6.07, 6.45) is 8.93. The second-order valence-electron chi connectivity index (χ2n) is 8.67. The summed E-state index contributed by atoms with van der Waals surface area (Å²) in [6.45, 7) is 3.25. The van der Waals surface area contributed by atoms with Crippen LogP contribution in [0.1, 0.15) is 62.8 Å². The van der Waals surface area contributed by atoms with Gasteiger partial charge in [-0.05, 0) is 62.0 Å². The summed E-state index contributed by atoms with van der Waals surface area (Å²) in [5, 5.41) is 0. The van der Waals surface area contributed by atoms with Gasteiger partial charge in [0.1, 0.15) is 0 Å². The maximum Gasteiger partial charge on any atom is 0.274 e. The summed E-state index contributed by atoms with van der Waals surface area (Å²) >= 11 is 0. The van der Waals surface area contributed by atoms with E-state index in [0.29, 0.717) is 37.2 Å². The highest BCUT2D eigenvalue weighted by molar-refractivity contribution is 5.57. The van der Waals surface area contributed by atoms with Crippen LogP contribution in [0.15, 0.2) is 24.3 Å². The molecule has 5 nitrogen and oxygen atoms in total. The van der Waals surface area contributed by atoms with Crippen molar-refractivity contribution in [3.8, 4) is 5.88 Å². The molecule has 1 aromatic rings. The maximum atomic E-state index is 13.6. The number of piperidine rings is 1. The van der Waals surface area contributed by atoms with Gasteiger partial charge in [0.2, 0.25) is 11.8 Å². The van der Waals surface area contributed by atoms with E-state index in [1.54, 1.807) is 7.11 Å². The Kier molecular flexibility index (Phi) is 6.64. The SMILES string of the molecule is COc1cc(N2CCC(COC3=CCCCO3)CC2)c(C2CCC(F)(F)CC2)cn1. The van der Waals surface area contributed by atoms with E-state index >= 15 is 0 Å². The molecule has 0 bridgehead atoms. The molecule has 0 aromatic carbocycles. The third-order valence-electron chi connectivity index (χ3n) is 6.57. The standard InChI is InChI=1S/C23H32F2N2O3/c1-28-21-14-20(19(15-26-21)18-5-9-23(24,25)10-6-18)27-11-7-17(8-12-27)16-30-22-4-2-3-13-29-22/h4,14-15,17-18H,2-3,5-13,16H2,1H3. The minimum absolute atomic E-state index is 0.0412. The third-order valence-corrected chi connectivity index (χ3v) is 6.57. The molecule has 1 aromatic heterocycles. The highest BCUT2D eigenvalue weighted by Crippen LogP contribution is 2.44.